The van der Waals surface area contributed by atoms with E-state index in [2.05, 4.69) is 5.32 Å². The molecule has 0 atom stereocenters. The lowest BCUT2D eigenvalue weighted by atomic mass is 10.1. The van der Waals surface area contributed by atoms with Gasteiger partial charge in [-0.15, -0.1) is 12.4 Å². The second kappa shape index (κ2) is 8.67. The standard InChI is InChI=1S/C16H16ClNO2.ClH/c17-15-7-3-12(4-8-15)9-10-18-11-13-1-5-14(6-2-13)16(19)20;/h1-8,18H,9-11H2,(H,19,20);1H. The normalized spacial score (nSPS) is 9.95. The third-order valence-corrected chi connectivity index (χ3v) is 3.29. The summed E-state index contributed by atoms with van der Waals surface area (Å²) >= 11 is 5.83. The van der Waals surface area contributed by atoms with Crippen molar-refractivity contribution in [2.75, 3.05) is 6.54 Å². The first-order valence-electron chi connectivity index (χ1n) is 6.42. The second-order valence-electron chi connectivity index (χ2n) is 4.56. The van der Waals surface area contributed by atoms with E-state index in [-0.39, 0.29) is 12.4 Å². The highest BCUT2D eigenvalue weighted by atomic mass is 35.5. The number of carbonyl (C=O) groups is 1. The summed E-state index contributed by atoms with van der Waals surface area (Å²) in [6.45, 7) is 1.59. The van der Waals surface area contributed by atoms with E-state index in [4.69, 9.17) is 16.7 Å². The lowest BCUT2D eigenvalue weighted by Gasteiger charge is -2.06. The Kier molecular flexibility index (Phi) is 7.23. The number of benzene rings is 2. The topological polar surface area (TPSA) is 49.3 Å². The maximum atomic E-state index is 10.7. The number of halogens is 2. The molecule has 21 heavy (non-hydrogen) atoms. The van der Waals surface area contributed by atoms with Gasteiger partial charge in [-0.3, -0.25) is 0 Å². The van der Waals surface area contributed by atoms with E-state index in [0.717, 1.165) is 30.1 Å². The van der Waals surface area contributed by atoms with Gasteiger partial charge >= 0.3 is 5.97 Å². The van der Waals surface area contributed by atoms with Gasteiger partial charge in [-0.2, -0.15) is 0 Å². The number of carboxylic acid groups (broad SMARTS) is 1. The van der Waals surface area contributed by atoms with Crippen LogP contribution in [0.4, 0.5) is 0 Å². The molecule has 0 aliphatic carbocycles. The Balaban J connectivity index is 0.00000220. The van der Waals surface area contributed by atoms with Crippen molar-refractivity contribution < 1.29 is 9.90 Å². The Morgan fingerprint density at radius 3 is 2.14 bits per heavy atom. The molecule has 2 rings (SSSR count). The zero-order valence-electron chi connectivity index (χ0n) is 11.4. The average molecular weight is 326 g/mol. The minimum atomic E-state index is -0.896. The highest BCUT2D eigenvalue weighted by molar-refractivity contribution is 6.30. The van der Waals surface area contributed by atoms with Crippen LogP contribution < -0.4 is 5.32 Å². The van der Waals surface area contributed by atoms with E-state index in [0.29, 0.717) is 5.56 Å². The van der Waals surface area contributed by atoms with Gasteiger partial charge in [0.1, 0.15) is 0 Å². The van der Waals surface area contributed by atoms with Crippen LogP contribution in [0.15, 0.2) is 48.5 Å². The lowest BCUT2D eigenvalue weighted by molar-refractivity contribution is 0.0697. The summed E-state index contributed by atoms with van der Waals surface area (Å²) in [5.74, 6) is -0.896. The fourth-order valence-electron chi connectivity index (χ4n) is 1.88. The first-order valence-corrected chi connectivity index (χ1v) is 6.80. The molecule has 0 aliphatic heterocycles. The second-order valence-corrected chi connectivity index (χ2v) is 4.99. The van der Waals surface area contributed by atoms with Gasteiger partial charge in [0.25, 0.3) is 0 Å². The van der Waals surface area contributed by atoms with Crippen molar-refractivity contribution in [1.29, 1.82) is 0 Å². The van der Waals surface area contributed by atoms with Crippen molar-refractivity contribution in [2.24, 2.45) is 0 Å². The number of rotatable bonds is 6. The summed E-state index contributed by atoms with van der Waals surface area (Å²) in [6.07, 6.45) is 0.935. The highest BCUT2D eigenvalue weighted by Gasteiger charge is 2.01. The van der Waals surface area contributed by atoms with Crippen LogP contribution in [0.1, 0.15) is 21.5 Å². The van der Waals surface area contributed by atoms with Crippen molar-refractivity contribution in [3.05, 3.63) is 70.2 Å². The number of nitrogens with one attached hydrogen (secondary N) is 1. The Hall–Kier alpha value is -1.55. The van der Waals surface area contributed by atoms with E-state index < -0.39 is 5.97 Å². The van der Waals surface area contributed by atoms with Crippen LogP contribution in [-0.4, -0.2) is 17.6 Å². The molecule has 0 fully saturated rings. The van der Waals surface area contributed by atoms with Gasteiger partial charge in [0, 0.05) is 11.6 Å². The van der Waals surface area contributed by atoms with E-state index in [1.54, 1.807) is 12.1 Å². The van der Waals surface area contributed by atoms with E-state index in [1.165, 1.54) is 5.56 Å². The van der Waals surface area contributed by atoms with Crippen molar-refractivity contribution in [2.45, 2.75) is 13.0 Å². The van der Waals surface area contributed by atoms with Crippen LogP contribution in [0.2, 0.25) is 5.02 Å². The molecule has 0 saturated heterocycles. The third-order valence-electron chi connectivity index (χ3n) is 3.03. The van der Waals surface area contributed by atoms with Crippen molar-refractivity contribution in [3.8, 4) is 0 Å². The van der Waals surface area contributed by atoms with Gasteiger partial charge in [-0.05, 0) is 48.4 Å². The average Bonchev–Trinajstić information content (AvgIpc) is 2.46. The van der Waals surface area contributed by atoms with Crippen LogP contribution >= 0.6 is 24.0 Å². The molecule has 0 bridgehead atoms. The minimum absolute atomic E-state index is 0. The first-order chi connectivity index (χ1) is 9.65. The van der Waals surface area contributed by atoms with E-state index >= 15 is 0 Å². The third kappa shape index (κ3) is 5.76. The number of aromatic carboxylic acids is 1. The van der Waals surface area contributed by atoms with Gasteiger partial charge in [-0.1, -0.05) is 35.9 Å². The summed E-state index contributed by atoms with van der Waals surface area (Å²) in [4.78, 5) is 10.7. The van der Waals surface area contributed by atoms with Crippen LogP contribution in [0.3, 0.4) is 0 Å². The molecule has 3 nitrogen and oxygen atoms in total. The smallest absolute Gasteiger partial charge is 0.335 e. The monoisotopic (exact) mass is 325 g/mol. The Labute approximate surface area is 135 Å². The molecule has 0 unspecified atom stereocenters. The molecular weight excluding hydrogens is 309 g/mol. The summed E-state index contributed by atoms with van der Waals surface area (Å²) in [5.41, 5.74) is 2.63. The van der Waals surface area contributed by atoms with Crippen LogP contribution in [0.25, 0.3) is 0 Å². The van der Waals surface area contributed by atoms with Gasteiger partial charge in [-0.25, -0.2) is 4.79 Å². The largest absolute Gasteiger partial charge is 0.478 e. The molecule has 0 aliphatic rings. The summed E-state index contributed by atoms with van der Waals surface area (Å²) < 4.78 is 0. The lowest BCUT2D eigenvalue weighted by Crippen LogP contribution is -2.16. The number of carboxylic acids is 1. The zero-order valence-corrected chi connectivity index (χ0v) is 13.0. The van der Waals surface area contributed by atoms with Gasteiger partial charge in [0.2, 0.25) is 0 Å². The molecule has 0 aromatic heterocycles. The molecule has 0 heterocycles. The molecule has 0 spiro atoms. The number of hydrogen-bond acceptors (Lipinski definition) is 2. The Morgan fingerprint density at radius 1 is 1.00 bits per heavy atom. The highest BCUT2D eigenvalue weighted by Crippen LogP contribution is 2.09. The maximum Gasteiger partial charge on any atom is 0.335 e. The quantitative estimate of drug-likeness (QED) is 0.794. The Bertz CT molecular complexity index is 568. The number of hydrogen-bond donors (Lipinski definition) is 2. The van der Waals surface area contributed by atoms with Crippen LogP contribution in [0.5, 0.6) is 0 Å². The summed E-state index contributed by atoms with van der Waals surface area (Å²) in [5, 5.41) is 12.9. The van der Waals surface area contributed by atoms with E-state index in [9.17, 15) is 4.79 Å². The SMILES string of the molecule is Cl.O=C(O)c1ccc(CNCCc2ccc(Cl)cc2)cc1. The Morgan fingerprint density at radius 2 is 1.57 bits per heavy atom. The summed E-state index contributed by atoms with van der Waals surface area (Å²) in [7, 11) is 0. The maximum absolute atomic E-state index is 10.7. The van der Waals surface area contributed by atoms with Crippen molar-refractivity contribution in [1.82, 2.24) is 5.32 Å². The van der Waals surface area contributed by atoms with Gasteiger partial charge in [0.15, 0.2) is 0 Å². The predicted octanol–water partition coefficient (Wildman–Crippen LogP) is 3.79. The molecule has 5 heteroatoms. The summed E-state index contributed by atoms with van der Waals surface area (Å²) in [6, 6.07) is 14.7. The molecule has 2 N–H and O–H groups in total. The predicted molar refractivity (Wildman–Crippen MR) is 87.5 cm³/mol. The first kappa shape index (κ1) is 17.5. The van der Waals surface area contributed by atoms with Crippen LogP contribution in [0, 0.1) is 0 Å². The fraction of sp³-hybridized carbons (Fsp3) is 0.188. The van der Waals surface area contributed by atoms with Gasteiger partial charge < -0.3 is 10.4 Å². The molecule has 2 aromatic carbocycles. The molecular formula is C16H17Cl2NO2. The van der Waals surface area contributed by atoms with Crippen LogP contribution in [-0.2, 0) is 13.0 Å². The molecule has 0 saturated carbocycles. The van der Waals surface area contributed by atoms with E-state index in [1.807, 2.05) is 36.4 Å². The molecule has 112 valence electrons. The van der Waals surface area contributed by atoms with Gasteiger partial charge in [0.05, 0.1) is 5.56 Å². The molecule has 0 amide bonds. The zero-order chi connectivity index (χ0) is 14.4. The van der Waals surface area contributed by atoms with Crippen molar-refractivity contribution in [3.63, 3.8) is 0 Å². The van der Waals surface area contributed by atoms with Crippen molar-refractivity contribution >= 4 is 30.0 Å². The fourth-order valence-corrected chi connectivity index (χ4v) is 2.01. The molecule has 2 aromatic rings. The minimum Gasteiger partial charge on any atom is -0.478 e. The molecule has 0 radical (unpaired) electrons.